The van der Waals surface area contributed by atoms with Crippen LogP contribution in [0.25, 0.3) is 0 Å². The number of likely N-dealkylation sites (N-methyl/N-ethyl adjacent to an activating group) is 1. The molecule has 0 saturated heterocycles. The molecular formula is C10H19NO3S. The number of rotatable bonds is 7. The summed E-state index contributed by atoms with van der Waals surface area (Å²) in [6, 6.07) is 0. The minimum absolute atomic E-state index is 0.0920. The lowest BCUT2D eigenvalue weighted by atomic mass is 9.96. The largest absolute Gasteiger partial charge is 0.480 e. The maximum Gasteiger partial charge on any atom is 0.325 e. The lowest BCUT2D eigenvalue weighted by Crippen LogP contribution is -2.55. The van der Waals surface area contributed by atoms with E-state index in [1.165, 1.54) is 11.8 Å². The number of carboxylic acid groups (broad SMARTS) is 1. The van der Waals surface area contributed by atoms with Gasteiger partial charge in [0, 0.05) is 11.0 Å². The molecule has 88 valence electrons. The molecule has 0 spiro atoms. The lowest BCUT2D eigenvalue weighted by molar-refractivity contribution is -0.144. The van der Waals surface area contributed by atoms with E-state index in [4.69, 9.17) is 5.11 Å². The van der Waals surface area contributed by atoms with Crippen molar-refractivity contribution in [2.24, 2.45) is 5.92 Å². The van der Waals surface area contributed by atoms with Crippen LogP contribution in [-0.2, 0) is 4.79 Å². The summed E-state index contributed by atoms with van der Waals surface area (Å²) in [5.41, 5.74) is -0.798. The summed E-state index contributed by atoms with van der Waals surface area (Å²) < 4.78 is 0. The van der Waals surface area contributed by atoms with Crippen molar-refractivity contribution in [1.82, 2.24) is 5.32 Å². The van der Waals surface area contributed by atoms with Gasteiger partial charge >= 0.3 is 5.97 Å². The van der Waals surface area contributed by atoms with Gasteiger partial charge in [-0.2, -0.15) is 11.8 Å². The molecule has 0 radical (unpaired) electrons. The Bertz CT molecular complexity index is 233. The first-order valence-corrected chi connectivity index (χ1v) is 6.26. The van der Waals surface area contributed by atoms with Gasteiger partial charge in [0.15, 0.2) is 0 Å². The van der Waals surface area contributed by atoms with Gasteiger partial charge < -0.3 is 15.5 Å². The van der Waals surface area contributed by atoms with Crippen LogP contribution in [0.3, 0.4) is 0 Å². The lowest BCUT2D eigenvalue weighted by Gasteiger charge is -2.29. The molecule has 15 heavy (non-hydrogen) atoms. The molecule has 4 nitrogen and oxygen atoms in total. The molecule has 1 aliphatic carbocycles. The first kappa shape index (κ1) is 12.8. The van der Waals surface area contributed by atoms with E-state index in [0.29, 0.717) is 5.75 Å². The van der Waals surface area contributed by atoms with Crippen LogP contribution in [0.2, 0.25) is 0 Å². The molecule has 1 fully saturated rings. The molecule has 0 bridgehead atoms. The molecule has 0 aromatic heterocycles. The van der Waals surface area contributed by atoms with E-state index in [-0.39, 0.29) is 17.8 Å². The number of carboxylic acids is 1. The van der Waals surface area contributed by atoms with Gasteiger partial charge in [-0.3, -0.25) is 4.79 Å². The van der Waals surface area contributed by atoms with Crippen LogP contribution in [0.4, 0.5) is 0 Å². The fraction of sp³-hybridized carbons (Fsp3) is 0.900. The zero-order valence-electron chi connectivity index (χ0n) is 9.19. The van der Waals surface area contributed by atoms with Crippen LogP contribution >= 0.6 is 11.8 Å². The van der Waals surface area contributed by atoms with Crippen LogP contribution < -0.4 is 5.32 Å². The van der Waals surface area contributed by atoms with Gasteiger partial charge in [-0.25, -0.2) is 0 Å². The highest BCUT2D eigenvalue weighted by Gasteiger charge is 2.50. The third-order valence-corrected chi connectivity index (χ3v) is 4.29. The standard InChI is InChI=1S/C10H19NO3S/c1-7(5-12)15-6-10(11-2,9(13)14)8-3-4-8/h7-8,11-12H,3-6H2,1-2H3,(H,13,14). The molecule has 2 atom stereocenters. The van der Waals surface area contributed by atoms with E-state index in [2.05, 4.69) is 5.32 Å². The fourth-order valence-corrected chi connectivity index (χ4v) is 2.80. The second kappa shape index (κ2) is 5.18. The van der Waals surface area contributed by atoms with Gasteiger partial charge in [0.05, 0.1) is 6.61 Å². The molecule has 5 heteroatoms. The minimum atomic E-state index is -0.798. The third-order valence-electron chi connectivity index (χ3n) is 2.95. The molecule has 0 heterocycles. The SMILES string of the molecule is CNC(CSC(C)CO)(C(=O)O)C1CC1. The van der Waals surface area contributed by atoms with Gasteiger partial charge in [0.1, 0.15) is 5.54 Å². The van der Waals surface area contributed by atoms with E-state index < -0.39 is 11.5 Å². The van der Waals surface area contributed by atoms with Gasteiger partial charge in [-0.05, 0) is 25.8 Å². The number of nitrogens with one attached hydrogen (secondary N) is 1. The highest BCUT2D eigenvalue weighted by atomic mass is 32.2. The second-order valence-electron chi connectivity index (χ2n) is 4.10. The maximum atomic E-state index is 11.3. The predicted octanol–water partition coefficient (Wildman–Crippen LogP) is 0.553. The van der Waals surface area contributed by atoms with Crippen LogP contribution in [0.1, 0.15) is 19.8 Å². The number of aliphatic carboxylic acids is 1. The van der Waals surface area contributed by atoms with Crippen LogP contribution in [-0.4, -0.2) is 46.4 Å². The highest BCUT2D eigenvalue weighted by molar-refractivity contribution is 8.00. The molecule has 0 aromatic carbocycles. The van der Waals surface area contributed by atoms with Crippen molar-refractivity contribution in [2.75, 3.05) is 19.4 Å². The Morgan fingerprint density at radius 1 is 1.67 bits per heavy atom. The van der Waals surface area contributed by atoms with E-state index >= 15 is 0 Å². The predicted molar refractivity (Wildman–Crippen MR) is 61.2 cm³/mol. The molecule has 0 aliphatic heterocycles. The zero-order valence-corrected chi connectivity index (χ0v) is 10.0. The summed E-state index contributed by atoms with van der Waals surface area (Å²) >= 11 is 1.51. The van der Waals surface area contributed by atoms with Gasteiger partial charge in [0.2, 0.25) is 0 Å². The molecule has 1 saturated carbocycles. The van der Waals surface area contributed by atoms with Gasteiger partial charge in [-0.1, -0.05) is 6.92 Å². The van der Waals surface area contributed by atoms with Crippen molar-refractivity contribution in [3.63, 3.8) is 0 Å². The van der Waals surface area contributed by atoms with Crippen molar-refractivity contribution in [3.05, 3.63) is 0 Å². The van der Waals surface area contributed by atoms with Crippen molar-refractivity contribution < 1.29 is 15.0 Å². The van der Waals surface area contributed by atoms with Crippen molar-refractivity contribution in [3.8, 4) is 0 Å². The second-order valence-corrected chi connectivity index (χ2v) is 5.53. The fourth-order valence-electron chi connectivity index (χ4n) is 1.64. The molecule has 0 aromatic rings. The Morgan fingerprint density at radius 2 is 2.27 bits per heavy atom. The van der Waals surface area contributed by atoms with Gasteiger partial charge in [-0.15, -0.1) is 0 Å². The zero-order chi connectivity index (χ0) is 11.5. The van der Waals surface area contributed by atoms with Crippen LogP contribution in [0.5, 0.6) is 0 Å². The van der Waals surface area contributed by atoms with Crippen LogP contribution in [0, 0.1) is 5.92 Å². The molecule has 1 rings (SSSR count). The topological polar surface area (TPSA) is 69.6 Å². The third kappa shape index (κ3) is 2.86. The molecule has 3 N–H and O–H groups in total. The number of aliphatic hydroxyl groups excluding tert-OH is 1. The summed E-state index contributed by atoms with van der Waals surface area (Å²) in [6.45, 7) is 1.99. The smallest absolute Gasteiger partial charge is 0.325 e. The van der Waals surface area contributed by atoms with Crippen molar-refractivity contribution >= 4 is 17.7 Å². The Balaban J connectivity index is 2.59. The van der Waals surface area contributed by atoms with E-state index in [9.17, 15) is 9.90 Å². The summed E-state index contributed by atoms with van der Waals surface area (Å²) in [4.78, 5) is 11.3. The number of thioether (sulfide) groups is 1. The van der Waals surface area contributed by atoms with Crippen molar-refractivity contribution in [2.45, 2.75) is 30.6 Å². The number of carbonyl (C=O) groups is 1. The molecule has 0 amide bonds. The Labute approximate surface area is 94.4 Å². The quantitative estimate of drug-likeness (QED) is 0.599. The number of hydrogen-bond acceptors (Lipinski definition) is 4. The first-order chi connectivity index (χ1) is 7.06. The minimum Gasteiger partial charge on any atom is -0.480 e. The molecule has 2 unspecified atom stereocenters. The maximum absolute atomic E-state index is 11.3. The van der Waals surface area contributed by atoms with Crippen LogP contribution in [0.15, 0.2) is 0 Å². The average Bonchev–Trinajstić information content (AvgIpc) is 3.03. The summed E-state index contributed by atoms with van der Waals surface area (Å²) in [6.07, 6.45) is 1.97. The average molecular weight is 233 g/mol. The van der Waals surface area contributed by atoms with E-state index in [0.717, 1.165) is 12.8 Å². The summed E-state index contributed by atoms with van der Waals surface area (Å²) in [5.74, 6) is -0.00543. The van der Waals surface area contributed by atoms with Gasteiger partial charge in [0.25, 0.3) is 0 Å². The normalized spacial score (nSPS) is 22.1. The highest BCUT2D eigenvalue weighted by Crippen LogP contribution is 2.41. The van der Waals surface area contributed by atoms with Crippen molar-refractivity contribution in [1.29, 1.82) is 0 Å². The number of hydrogen-bond donors (Lipinski definition) is 3. The molecule has 1 aliphatic rings. The monoisotopic (exact) mass is 233 g/mol. The van der Waals surface area contributed by atoms with E-state index in [1.807, 2.05) is 6.92 Å². The Kier molecular flexibility index (Phi) is 4.43. The number of aliphatic hydroxyl groups is 1. The van der Waals surface area contributed by atoms with E-state index in [1.54, 1.807) is 7.05 Å². The first-order valence-electron chi connectivity index (χ1n) is 5.21. The summed E-state index contributed by atoms with van der Waals surface area (Å²) in [5, 5.41) is 21.2. The Hall–Kier alpha value is -0.260. The summed E-state index contributed by atoms with van der Waals surface area (Å²) in [7, 11) is 1.70. The Morgan fingerprint density at radius 3 is 2.60 bits per heavy atom. The molecular weight excluding hydrogens is 214 g/mol.